The molecule has 0 aliphatic carbocycles. The van der Waals surface area contributed by atoms with Crippen molar-refractivity contribution in [1.82, 2.24) is 34.9 Å². The first-order chi connectivity index (χ1) is 14.3. The van der Waals surface area contributed by atoms with Crippen LogP contribution in [-0.2, 0) is 0 Å². The fourth-order valence-corrected chi connectivity index (χ4v) is 3.40. The number of fused-ring (bicyclic) bond motifs is 1. The molecule has 3 N–H and O–H groups in total. The van der Waals surface area contributed by atoms with Crippen molar-refractivity contribution < 1.29 is 0 Å². The van der Waals surface area contributed by atoms with Gasteiger partial charge in [0.1, 0.15) is 11.6 Å². The van der Waals surface area contributed by atoms with E-state index in [9.17, 15) is 0 Å². The Kier molecular flexibility index (Phi) is 4.71. The molecular weight excluding hydrogens is 366 g/mol. The zero-order valence-corrected chi connectivity index (χ0v) is 15.8. The van der Waals surface area contributed by atoms with E-state index in [1.807, 2.05) is 34.8 Å². The Bertz CT molecular complexity index is 1090. The molecule has 0 atom stereocenters. The molecule has 1 aliphatic heterocycles. The van der Waals surface area contributed by atoms with Crippen molar-refractivity contribution in [3.05, 3.63) is 55.1 Å². The minimum atomic E-state index is 0.438. The van der Waals surface area contributed by atoms with Crippen molar-refractivity contribution in [2.45, 2.75) is 18.9 Å². The molecule has 4 aromatic heterocycles. The molecule has 9 nitrogen and oxygen atoms in total. The summed E-state index contributed by atoms with van der Waals surface area (Å²) in [6.07, 6.45) is 9.22. The van der Waals surface area contributed by atoms with E-state index >= 15 is 0 Å². The lowest BCUT2D eigenvalue weighted by atomic mass is 10.1. The summed E-state index contributed by atoms with van der Waals surface area (Å²) in [5.41, 5.74) is 2.47. The van der Waals surface area contributed by atoms with Crippen LogP contribution in [0.2, 0.25) is 0 Å². The summed E-state index contributed by atoms with van der Waals surface area (Å²) < 4.78 is 1.83. The molecule has 29 heavy (non-hydrogen) atoms. The molecule has 0 saturated carbocycles. The quantitative estimate of drug-likeness (QED) is 0.480. The zero-order chi connectivity index (χ0) is 19.5. The third-order valence-electron chi connectivity index (χ3n) is 4.91. The van der Waals surface area contributed by atoms with Crippen molar-refractivity contribution in [3.63, 3.8) is 0 Å². The number of piperidine rings is 1. The molecule has 0 radical (unpaired) electrons. The van der Waals surface area contributed by atoms with E-state index in [0.29, 0.717) is 17.8 Å². The molecule has 5 rings (SSSR count). The number of rotatable bonds is 5. The monoisotopic (exact) mass is 387 g/mol. The number of hydrogen-bond acceptors (Lipinski definition) is 8. The Balaban J connectivity index is 1.38. The van der Waals surface area contributed by atoms with Gasteiger partial charge >= 0.3 is 0 Å². The van der Waals surface area contributed by atoms with Crippen LogP contribution in [0.3, 0.4) is 0 Å². The molecule has 4 aromatic rings. The van der Waals surface area contributed by atoms with Crippen LogP contribution in [0.5, 0.6) is 0 Å². The van der Waals surface area contributed by atoms with Crippen molar-refractivity contribution in [3.8, 4) is 11.3 Å². The van der Waals surface area contributed by atoms with Gasteiger partial charge in [-0.3, -0.25) is 0 Å². The van der Waals surface area contributed by atoms with Gasteiger partial charge in [0.25, 0.3) is 0 Å². The maximum Gasteiger partial charge on any atom is 0.228 e. The lowest BCUT2D eigenvalue weighted by Crippen LogP contribution is -2.35. The molecule has 0 aromatic carbocycles. The number of nitrogens with zero attached hydrogens (tertiary/aromatic N) is 6. The predicted octanol–water partition coefficient (Wildman–Crippen LogP) is 2.49. The molecule has 0 spiro atoms. The van der Waals surface area contributed by atoms with E-state index < -0.39 is 0 Å². The second-order valence-electron chi connectivity index (χ2n) is 6.94. The lowest BCUT2D eigenvalue weighted by Gasteiger charge is -2.24. The maximum atomic E-state index is 4.74. The predicted molar refractivity (Wildman–Crippen MR) is 111 cm³/mol. The van der Waals surface area contributed by atoms with Gasteiger partial charge in [0, 0.05) is 30.2 Å². The molecular formula is C20H21N9. The third kappa shape index (κ3) is 3.85. The Hall–Kier alpha value is -3.59. The summed E-state index contributed by atoms with van der Waals surface area (Å²) in [7, 11) is 0. The van der Waals surface area contributed by atoms with Crippen molar-refractivity contribution in [2.75, 3.05) is 23.7 Å². The van der Waals surface area contributed by atoms with Gasteiger partial charge in [0.2, 0.25) is 5.95 Å². The van der Waals surface area contributed by atoms with Gasteiger partial charge in [-0.15, -0.1) is 5.10 Å². The smallest absolute Gasteiger partial charge is 0.228 e. The van der Waals surface area contributed by atoms with Crippen LogP contribution >= 0.6 is 0 Å². The highest BCUT2D eigenvalue weighted by atomic mass is 15.3. The lowest BCUT2D eigenvalue weighted by molar-refractivity contribution is 0.477. The van der Waals surface area contributed by atoms with Gasteiger partial charge in [-0.25, -0.2) is 24.5 Å². The Labute approximate surface area is 167 Å². The minimum absolute atomic E-state index is 0.438. The fourth-order valence-electron chi connectivity index (χ4n) is 3.40. The second kappa shape index (κ2) is 7.80. The van der Waals surface area contributed by atoms with E-state index in [1.54, 1.807) is 24.8 Å². The first-order valence-electron chi connectivity index (χ1n) is 9.68. The topological polar surface area (TPSA) is 105 Å². The molecule has 5 heterocycles. The molecule has 0 bridgehead atoms. The van der Waals surface area contributed by atoms with Crippen molar-refractivity contribution in [2.24, 2.45) is 0 Å². The molecule has 146 valence electrons. The average Bonchev–Trinajstić information content (AvgIpc) is 3.19. The summed E-state index contributed by atoms with van der Waals surface area (Å²) in [6.45, 7) is 2.07. The molecule has 0 amide bonds. The standard InChI is InChI=1S/C20H21N9/c1-2-8-22-17(3-1)27-20-24-11-14(12-25-20)16-13-23-19-5-4-18(28-29(16)19)26-15-6-9-21-10-7-15/h1-5,8,11-13,15,21H,6-7,9-10H2,(H,26,28)(H,22,24,25,27). The number of aromatic nitrogens is 6. The fraction of sp³-hybridized carbons (Fsp3) is 0.250. The summed E-state index contributed by atoms with van der Waals surface area (Å²) in [5, 5.41) is 14.7. The zero-order valence-electron chi connectivity index (χ0n) is 15.8. The number of nitrogens with one attached hydrogen (secondary N) is 3. The van der Waals surface area contributed by atoms with E-state index in [0.717, 1.165) is 48.7 Å². The van der Waals surface area contributed by atoms with Gasteiger partial charge in [0.05, 0.1) is 11.9 Å². The Morgan fingerprint density at radius 1 is 0.897 bits per heavy atom. The third-order valence-corrected chi connectivity index (χ3v) is 4.91. The second-order valence-corrected chi connectivity index (χ2v) is 6.94. The van der Waals surface area contributed by atoms with Crippen LogP contribution < -0.4 is 16.0 Å². The summed E-state index contributed by atoms with van der Waals surface area (Å²) in [4.78, 5) is 17.5. The van der Waals surface area contributed by atoms with Crippen LogP contribution in [0.1, 0.15) is 12.8 Å². The number of pyridine rings is 1. The summed E-state index contributed by atoms with van der Waals surface area (Å²) >= 11 is 0. The average molecular weight is 387 g/mol. The molecule has 1 fully saturated rings. The van der Waals surface area contributed by atoms with Gasteiger partial charge in [-0.1, -0.05) is 6.07 Å². The van der Waals surface area contributed by atoms with Crippen LogP contribution in [0.15, 0.2) is 55.1 Å². The van der Waals surface area contributed by atoms with Gasteiger partial charge in [-0.2, -0.15) is 0 Å². The van der Waals surface area contributed by atoms with Crippen LogP contribution in [0.25, 0.3) is 16.9 Å². The van der Waals surface area contributed by atoms with Crippen LogP contribution in [0, 0.1) is 0 Å². The Morgan fingerprint density at radius 3 is 2.55 bits per heavy atom. The summed E-state index contributed by atoms with van der Waals surface area (Å²) in [6, 6.07) is 10.0. The van der Waals surface area contributed by atoms with E-state index in [1.165, 1.54) is 0 Å². The highest BCUT2D eigenvalue weighted by Gasteiger charge is 2.14. The number of imidazole rings is 1. The van der Waals surface area contributed by atoms with Gasteiger partial charge < -0.3 is 16.0 Å². The minimum Gasteiger partial charge on any atom is -0.366 e. The Morgan fingerprint density at radius 2 is 1.76 bits per heavy atom. The molecule has 1 aliphatic rings. The van der Waals surface area contributed by atoms with Crippen LogP contribution in [0.4, 0.5) is 17.6 Å². The number of anilines is 3. The summed E-state index contributed by atoms with van der Waals surface area (Å²) in [5.74, 6) is 2.03. The highest BCUT2D eigenvalue weighted by Crippen LogP contribution is 2.21. The van der Waals surface area contributed by atoms with Gasteiger partial charge in [0.15, 0.2) is 5.65 Å². The normalized spacial score (nSPS) is 14.8. The molecule has 0 unspecified atom stereocenters. The van der Waals surface area contributed by atoms with Crippen molar-refractivity contribution in [1.29, 1.82) is 0 Å². The van der Waals surface area contributed by atoms with E-state index in [4.69, 9.17) is 5.10 Å². The van der Waals surface area contributed by atoms with E-state index in [2.05, 4.69) is 35.9 Å². The van der Waals surface area contributed by atoms with Crippen LogP contribution in [-0.4, -0.2) is 48.7 Å². The highest BCUT2D eigenvalue weighted by molar-refractivity contribution is 5.63. The van der Waals surface area contributed by atoms with Crippen molar-refractivity contribution >= 4 is 23.2 Å². The number of hydrogen-bond donors (Lipinski definition) is 3. The van der Waals surface area contributed by atoms with E-state index in [-0.39, 0.29) is 0 Å². The molecule has 9 heteroatoms. The first-order valence-corrected chi connectivity index (χ1v) is 9.68. The molecule has 1 saturated heterocycles. The SMILES string of the molecule is c1ccc(Nc2ncc(-c3cnc4ccc(NC5CCNCC5)nn34)cn2)nc1. The largest absolute Gasteiger partial charge is 0.366 e. The first kappa shape index (κ1) is 17.5. The van der Waals surface area contributed by atoms with Gasteiger partial charge in [-0.05, 0) is 50.2 Å². The maximum absolute atomic E-state index is 4.74.